The fraction of sp³-hybridized carbons (Fsp3) is 0.727. The Hall–Kier alpha value is -0.390. The number of nitrogens with zero attached hydrogens (tertiary/aromatic N) is 2. The molecule has 4 nitrogen and oxygen atoms in total. The molecule has 1 atom stereocenters. The van der Waals surface area contributed by atoms with E-state index in [1.165, 1.54) is 0 Å². The van der Waals surface area contributed by atoms with Gasteiger partial charge in [0.2, 0.25) is 0 Å². The SMILES string of the molecule is Cc1nn(C)c(CNCC(C)CCO)c1Br. The van der Waals surface area contributed by atoms with Crippen molar-refractivity contribution >= 4 is 15.9 Å². The Morgan fingerprint density at radius 2 is 2.25 bits per heavy atom. The van der Waals surface area contributed by atoms with E-state index in [1.807, 2.05) is 18.7 Å². The van der Waals surface area contributed by atoms with Crippen LogP contribution in [0.5, 0.6) is 0 Å². The molecule has 16 heavy (non-hydrogen) atoms. The lowest BCUT2D eigenvalue weighted by atomic mass is 10.1. The quantitative estimate of drug-likeness (QED) is 0.836. The maximum Gasteiger partial charge on any atom is 0.0739 e. The number of nitrogens with one attached hydrogen (secondary N) is 1. The molecular weight excluding hydrogens is 270 g/mol. The molecule has 5 heteroatoms. The molecule has 1 aromatic heterocycles. The van der Waals surface area contributed by atoms with E-state index in [0.29, 0.717) is 5.92 Å². The molecule has 0 bridgehead atoms. The summed E-state index contributed by atoms with van der Waals surface area (Å²) in [7, 11) is 1.95. The van der Waals surface area contributed by atoms with Gasteiger partial charge in [0, 0.05) is 20.2 Å². The average Bonchev–Trinajstić information content (AvgIpc) is 2.45. The number of aliphatic hydroxyl groups is 1. The second kappa shape index (κ2) is 6.37. The first kappa shape index (κ1) is 13.7. The van der Waals surface area contributed by atoms with Gasteiger partial charge in [0.25, 0.3) is 0 Å². The fourth-order valence-electron chi connectivity index (χ4n) is 1.63. The van der Waals surface area contributed by atoms with Gasteiger partial charge in [0.15, 0.2) is 0 Å². The zero-order valence-electron chi connectivity index (χ0n) is 10.1. The number of hydrogen-bond donors (Lipinski definition) is 2. The zero-order valence-corrected chi connectivity index (χ0v) is 11.7. The molecule has 0 fully saturated rings. The van der Waals surface area contributed by atoms with Crippen molar-refractivity contribution in [2.75, 3.05) is 13.2 Å². The molecule has 0 spiro atoms. The monoisotopic (exact) mass is 289 g/mol. The zero-order chi connectivity index (χ0) is 12.1. The van der Waals surface area contributed by atoms with Crippen LogP contribution in [0, 0.1) is 12.8 Å². The van der Waals surface area contributed by atoms with Gasteiger partial charge in [0.05, 0.1) is 15.9 Å². The van der Waals surface area contributed by atoms with Crippen molar-refractivity contribution in [3.05, 3.63) is 15.9 Å². The minimum atomic E-state index is 0.261. The van der Waals surface area contributed by atoms with Crippen molar-refractivity contribution in [2.45, 2.75) is 26.8 Å². The summed E-state index contributed by atoms with van der Waals surface area (Å²) in [5, 5.41) is 16.5. The van der Waals surface area contributed by atoms with Crippen molar-refractivity contribution < 1.29 is 5.11 Å². The third-order valence-electron chi connectivity index (χ3n) is 2.67. The minimum Gasteiger partial charge on any atom is -0.396 e. The van der Waals surface area contributed by atoms with Crippen LogP contribution in [0.2, 0.25) is 0 Å². The second-order valence-corrected chi connectivity index (χ2v) is 5.01. The Bertz CT molecular complexity index is 338. The topological polar surface area (TPSA) is 50.1 Å². The highest BCUT2D eigenvalue weighted by Gasteiger charge is 2.10. The van der Waals surface area contributed by atoms with E-state index in [2.05, 4.69) is 33.3 Å². The first-order valence-corrected chi connectivity index (χ1v) is 6.35. The summed E-state index contributed by atoms with van der Waals surface area (Å²) < 4.78 is 2.97. The van der Waals surface area contributed by atoms with Gasteiger partial charge in [-0.2, -0.15) is 5.10 Å². The van der Waals surface area contributed by atoms with Gasteiger partial charge in [-0.15, -0.1) is 0 Å². The Labute approximate surface area is 105 Å². The molecule has 0 aromatic carbocycles. The Balaban J connectivity index is 2.43. The molecule has 0 saturated carbocycles. The summed E-state index contributed by atoms with van der Waals surface area (Å²) in [5.41, 5.74) is 2.18. The number of rotatable bonds is 6. The number of aromatic nitrogens is 2. The smallest absolute Gasteiger partial charge is 0.0739 e. The minimum absolute atomic E-state index is 0.261. The summed E-state index contributed by atoms with van der Waals surface area (Å²) in [6, 6.07) is 0. The lowest BCUT2D eigenvalue weighted by Gasteiger charge is -2.11. The van der Waals surface area contributed by atoms with Crippen molar-refractivity contribution in [1.29, 1.82) is 0 Å². The predicted molar refractivity (Wildman–Crippen MR) is 68.2 cm³/mol. The van der Waals surface area contributed by atoms with E-state index in [4.69, 9.17) is 5.11 Å². The summed E-state index contributed by atoms with van der Waals surface area (Å²) in [6.07, 6.45) is 0.846. The largest absolute Gasteiger partial charge is 0.396 e. The Morgan fingerprint density at radius 1 is 1.56 bits per heavy atom. The van der Waals surface area contributed by atoms with Crippen LogP contribution in [0.15, 0.2) is 4.47 Å². The molecule has 0 saturated heterocycles. The molecule has 0 aliphatic carbocycles. The first-order valence-electron chi connectivity index (χ1n) is 5.55. The van der Waals surface area contributed by atoms with Crippen LogP contribution < -0.4 is 5.32 Å². The van der Waals surface area contributed by atoms with Crippen LogP contribution in [-0.2, 0) is 13.6 Å². The molecule has 1 unspecified atom stereocenters. The summed E-state index contributed by atoms with van der Waals surface area (Å²) >= 11 is 3.54. The molecule has 0 amide bonds. The Morgan fingerprint density at radius 3 is 2.75 bits per heavy atom. The summed E-state index contributed by atoms with van der Waals surface area (Å²) in [4.78, 5) is 0. The lowest BCUT2D eigenvalue weighted by molar-refractivity contribution is 0.260. The van der Waals surface area contributed by atoms with Crippen LogP contribution in [-0.4, -0.2) is 28.0 Å². The number of aliphatic hydroxyl groups excluding tert-OH is 1. The third-order valence-corrected chi connectivity index (χ3v) is 3.70. The highest BCUT2D eigenvalue weighted by atomic mass is 79.9. The predicted octanol–water partition coefficient (Wildman–Crippen LogP) is 1.60. The molecule has 1 aromatic rings. The number of hydrogen-bond acceptors (Lipinski definition) is 3. The first-order chi connectivity index (χ1) is 7.56. The van der Waals surface area contributed by atoms with Crippen molar-refractivity contribution in [3.8, 4) is 0 Å². The molecule has 1 heterocycles. The molecule has 0 radical (unpaired) electrons. The second-order valence-electron chi connectivity index (χ2n) is 4.22. The highest BCUT2D eigenvalue weighted by Crippen LogP contribution is 2.19. The summed E-state index contributed by atoms with van der Waals surface area (Å²) in [6.45, 7) is 6.09. The van der Waals surface area contributed by atoms with Crippen LogP contribution >= 0.6 is 15.9 Å². The average molecular weight is 290 g/mol. The summed E-state index contributed by atoms with van der Waals surface area (Å²) in [5.74, 6) is 0.498. The van der Waals surface area contributed by atoms with Gasteiger partial charge in [-0.1, -0.05) is 6.92 Å². The molecule has 92 valence electrons. The van der Waals surface area contributed by atoms with Crippen LogP contribution in [0.3, 0.4) is 0 Å². The van der Waals surface area contributed by atoms with Crippen molar-refractivity contribution in [1.82, 2.24) is 15.1 Å². The third kappa shape index (κ3) is 3.57. The fourth-order valence-corrected chi connectivity index (χ4v) is 2.11. The van der Waals surface area contributed by atoms with Gasteiger partial charge < -0.3 is 10.4 Å². The molecular formula is C11H20BrN3O. The number of aryl methyl sites for hydroxylation is 2. The van der Waals surface area contributed by atoms with Gasteiger partial charge in [0.1, 0.15) is 0 Å². The lowest BCUT2D eigenvalue weighted by Crippen LogP contribution is -2.22. The van der Waals surface area contributed by atoms with E-state index >= 15 is 0 Å². The molecule has 2 N–H and O–H groups in total. The van der Waals surface area contributed by atoms with Gasteiger partial charge in [-0.05, 0) is 41.7 Å². The standard InChI is InChI=1S/C11H20BrN3O/c1-8(4-5-16)6-13-7-10-11(12)9(2)14-15(10)3/h8,13,16H,4-7H2,1-3H3. The maximum atomic E-state index is 8.80. The van der Waals surface area contributed by atoms with Crippen molar-refractivity contribution in [3.63, 3.8) is 0 Å². The molecule has 0 aliphatic rings. The Kier molecular flexibility index (Phi) is 5.44. The van der Waals surface area contributed by atoms with E-state index in [-0.39, 0.29) is 6.61 Å². The molecule has 1 rings (SSSR count). The number of halogens is 1. The van der Waals surface area contributed by atoms with Gasteiger partial charge in [-0.3, -0.25) is 4.68 Å². The van der Waals surface area contributed by atoms with Crippen LogP contribution in [0.1, 0.15) is 24.7 Å². The van der Waals surface area contributed by atoms with E-state index < -0.39 is 0 Å². The highest BCUT2D eigenvalue weighted by molar-refractivity contribution is 9.10. The van der Waals surface area contributed by atoms with Gasteiger partial charge >= 0.3 is 0 Å². The van der Waals surface area contributed by atoms with Crippen LogP contribution in [0.4, 0.5) is 0 Å². The van der Waals surface area contributed by atoms with Crippen molar-refractivity contribution in [2.24, 2.45) is 13.0 Å². The van der Waals surface area contributed by atoms with E-state index in [9.17, 15) is 0 Å². The normalized spacial score (nSPS) is 13.1. The maximum absolute atomic E-state index is 8.80. The molecule has 0 aliphatic heterocycles. The van der Waals surface area contributed by atoms with E-state index in [0.717, 1.165) is 35.4 Å². The van der Waals surface area contributed by atoms with Gasteiger partial charge in [-0.25, -0.2) is 0 Å². The van der Waals surface area contributed by atoms with Crippen LogP contribution in [0.25, 0.3) is 0 Å². The van der Waals surface area contributed by atoms with E-state index in [1.54, 1.807) is 0 Å².